The number of rotatable bonds is 4. The average molecular weight is 270 g/mol. The van der Waals surface area contributed by atoms with Gasteiger partial charge in [0.1, 0.15) is 11.6 Å². The summed E-state index contributed by atoms with van der Waals surface area (Å²) >= 11 is 0. The van der Waals surface area contributed by atoms with Gasteiger partial charge in [0.15, 0.2) is 5.82 Å². The van der Waals surface area contributed by atoms with E-state index in [0.717, 1.165) is 22.6 Å². The minimum Gasteiger partial charge on any atom is -0.496 e. The number of hydrazine groups is 1. The predicted octanol–water partition coefficient (Wildman–Crippen LogP) is 2.62. The summed E-state index contributed by atoms with van der Waals surface area (Å²) in [6, 6.07) is 7.87. The van der Waals surface area contributed by atoms with Crippen molar-refractivity contribution in [3.8, 4) is 17.1 Å². The Hall–Kier alpha value is -2.14. The number of hydrogen-bond donors (Lipinski definition) is 2. The molecule has 1 aliphatic carbocycles. The van der Waals surface area contributed by atoms with E-state index < -0.39 is 0 Å². The molecule has 5 nitrogen and oxygen atoms in total. The standard InChI is InChI=1S/C15H18N4O/c1-9-7-11(5-6-13(9)20-2)15-17-12(10-3-4-10)8-14(18-15)19-16/h5-8,10H,3-4,16H2,1-2H3,(H,17,18,19). The molecule has 0 aliphatic heterocycles. The van der Waals surface area contributed by atoms with Crippen molar-refractivity contribution in [2.24, 2.45) is 5.84 Å². The van der Waals surface area contributed by atoms with E-state index in [9.17, 15) is 0 Å². The number of anilines is 1. The lowest BCUT2D eigenvalue weighted by Gasteiger charge is -2.09. The van der Waals surface area contributed by atoms with Crippen LogP contribution in [0.15, 0.2) is 24.3 Å². The monoisotopic (exact) mass is 270 g/mol. The Balaban J connectivity index is 2.04. The lowest BCUT2D eigenvalue weighted by molar-refractivity contribution is 0.412. The number of hydrogen-bond acceptors (Lipinski definition) is 5. The van der Waals surface area contributed by atoms with Crippen LogP contribution in [0.25, 0.3) is 11.4 Å². The van der Waals surface area contributed by atoms with Gasteiger partial charge in [0.05, 0.1) is 7.11 Å². The van der Waals surface area contributed by atoms with Gasteiger partial charge in [-0.3, -0.25) is 0 Å². The Kier molecular flexibility index (Phi) is 3.28. The SMILES string of the molecule is COc1ccc(-c2nc(NN)cc(C3CC3)n2)cc1C. The second kappa shape index (κ2) is 5.09. The van der Waals surface area contributed by atoms with Crippen molar-refractivity contribution >= 4 is 5.82 Å². The molecular formula is C15H18N4O. The lowest BCUT2D eigenvalue weighted by Crippen LogP contribution is -2.10. The second-order valence-electron chi connectivity index (χ2n) is 5.10. The van der Waals surface area contributed by atoms with Gasteiger partial charge in [-0.2, -0.15) is 0 Å². The van der Waals surface area contributed by atoms with Gasteiger partial charge in [0.2, 0.25) is 0 Å². The highest BCUT2D eigenvalue weighted by atomic mass is 16.5. The molecule has 1 heterocycles. The van der Waals surface area contributed by atoms with Gasteiger partial charge >= 0.3 is 0 Å². The summed E-state index contributed by atoms with van der Waals surface area (Å²) in [5.74, 6) is 8.28. The maximum atomic E-state index is 5.50. The smallest absolute Gasteiger partial charge is 0.161 e. The van der Waals surface area contributed by atoms with E-state index in [0.29, 0.717) is 17.6 Å². The highest BCUT2D eigenvalue weighted by Gasteiger charge is 2.26. The highest BCUT2D eigenvalue weighted by molar-refractivity contribution is 5.60. The number of nitrogens with one attached hydrogen (secondary N) is 1. The Bertz CT molecular complexity index is 638. The molecule has 1 aromatic heterocycles. The first-order valence-electron chi connectivity index (χ1n) is 6.72. The summed E-state index contributed by atoms with van der Waals surface area (Å²) in [6.45, 7) is 2.01. The van der Waals surface area contributed by atoms with E-state index in [1.54, 1.807) is 7.11 Å². The van der Waals surface area contributed by atoms with Crippen LogP contribution in [0, 0.1) is 6.92 Å². The number of nitrogens with two attached hydrogens (primary N) is 1. The first-order chi connectivity index (χ1) is 9.71. The van der Waals surface area contributed by atoms with Crippen molar-refractivity contribution in [1.29, 1.82) is 0 Å². The molecular weight excluding hydrogens is 252 g/mol. The third-order valence-electron chi connectivity index (χ3n) is 3.54. The van der Waals surface area contributed by atoms with Gasteiger partial charge in [0, 0.05) is 23.2 Å². The number of nitrogen functional groups attached to an aromatic ring is 1. The van der Waals surface area contributed by atoms with Gasteiger partial charge in [-0.25, -0.2) is 15.8 Å². The van der Waals surface area contributed by atoms with Gasteiger partial charge < -0.3 is 10.2 Å². The van der Waals surface area contributed by atoms with E-state index in [-0.39, 0.29) is 0 Å². The Labute approximate surface area is 118 Å². The van der Waals surface area contributed by atoms with Gasteiger partial charge in [-0.1, -0.05) is 0 Å². The van der Waals surface area contributed by atoms with Crippen LogP contribution in [0.4, 0.5) is 5.82 Å². The van der Waals surface area contributed by atoms with E-state index in [4.69, 9.17) is 10.6 Å². The average Bonchev–Trinajstić information content (AvgIpc) is 3.31. The molecule has 0 radical (unpaired) electrons. The molecule has 1 aliphatic rings. The summed E-state index contributed by atoms with van der Waals surface area (Å²) in [6.07, 6.45) is 2.39. The zero-order chi connectivity index (χ0) is 14.1. The minimum atomic E-state index is 0.559. The van der Waals surface area contributed by atoms with Crippen molar-refractivity contribution in [2.45, 2.75) is 25.7 Å². The van der Waals surface area contributed by atoms with Crippen LogP contribution in [-0.2, 0) is 0 Å². The van der Waals surface area contributed by atoms with Gasteiger partial charge in [-0.15, -0.1) is 0 Å². The van der Waals surface area contributed by atoms with Gasteiger partial charge in [0.25, 0.3) is 0 Å². The summed E-state index contributed by atoms with van der Waals surface area (Å²) in [4.78, 5) is 9.10. The minimum absolute atomic E-state index is 0.559. The molecule has 1 aromatic carbocycles. The fourth-order valence-electron chi connectivity index (χ4n) is 2.27. The molecule has 1 saturated carbocycles. The molecule has 0 amide bonds. The summed E-state index contributed by atoms with van der Waals surface area (Å²) < 4.78 is 5.28. The fourth-order valence-corrected chi connectivity index (χ4v) is 2.27. The maximum absolute atomic E-state index is 5.50. The van der Waals surface area contributed by atoms with Crippen LogP contribution in [0.3, 0.4) is 0 Å². The van der Waals surface area contributed by atoms with E-state index >= 15 is 0 Å². The van der Waals surface area contributed by atoms with Crippen molar-refractivity contribution in [2.75, 3.05) is 12.5 Å². The number of nitrogens with zero attached hydrogens (tertiary/aromatic N) is 2. The molecule has 104 valence electrons. The molecule has 0 bridgehead atoms. The van der Waals surface area contributed by atoms with Crippen LogP contribution in [0.5, 0.6) is 5.75 Å². The molecule has 3 rings (SSSR count). The number of aryl methyl sites for hydroxylation is 1. The largest absolute Gasteiger partial charge is 0.496 e. The van der Waals surface area contributed by atoms with Crippen LogP contribution in [0.1, 0.15) is 30.0 Å². The van der Waals surface area contributed by atoms with Crippen molar-refractivity contribution in [3.63, 3.8) is 0 Å². The first-order valence-corrected chi connectivity index (χ1v) is 6.72. The van der Waals surface area contributed by atoms with Gasteiger partial charge in [-0.05, 0) is 43.5 Å². The molecule has 0 atom stereocenters. The zero-order valence-electron chi connectivity index (χ0n) is 11.7. The van der Waals surface area contributed by atoms with Crippen molar-refractivity contribution in [1.82, 2.24) is 9.97 Å². The van der Waals surface area contributed by atoms with E-state index in [1.165, 1.54) is 12.8 Å². The normalized spacial score (nSPS) is 14.2. The predicted molar refractivity (Wildman–Crippen MR) is 78.5 cm³/mol. The van der Waals surface area contributed by atoms with Crippen LogP contribution in [-0.4, -0.2) is 17.1 Å². The number of methoxy groups -OCH3 is 1. The van der Waals surface area contributed by atoms with E-state index in [2.05, 4.69) is 15.4 Å². The molecule has 0 unspecified atom stereocenters. The molecule has 0 spiro atoms. The second-order valence-corrected chi connectivity index (χ2v) is 5.10. The molecule has 3 N–H and O–H groups in total. The zero-order valence-corrected chi connectivity index (χ0v) is 11.7. The first kappa shape index (κ1) is 12.9. The van der Waals surface area contributed by atoms with Crippen LogP contribution < -0.4 is 16.0 Å². The molecule has 1 fully saturated rings. The number of benzene rings is 1. The fraction of sp³-hybridized carbons (Fsp3) is 0.333. The quantitative estimate of drug-likeness (QED) is 0.660. The maximum Gasteiger partial charge on any atom is 0.161 e. The topological polar surface area (TPSA) is 73.1 Å². The molecule has 2 aromatic rings. The number of aromatic nitrogens is 2. The summed E-state index contributed by atoms with van der Waals surface area (Å²) in [5, 5.41) is 0. The van der Waals surface area contributed by atoms with Crippen molar-refractivity contribution < 1.29 is 4.74 Å². The number of ether oxygens (including phenoxy) is 1. The molecule has 20 heavy (non-hydrogen) atoms. The summed E-state index contributed by atoms with van der Waals surface area (Å²) in [5.41, 5.74) is 5.72. The lowest BCUT2D eigenvalue weighted by atomic mass is 10.1. The highest BCUT2D eigenvalue weighted by Crippen LogP contribution is 2.40. The molecule has 0 saturated heterocycles. The Morgan fingerprint density at radius 2 is 2.05 bits per heavy atom. The van der Waals surface area contributed by atoms with Crippen LogP contribution >= 0.6 is 0 Å². The van der Waals surface area contributed by atoms with Crippen molar-refractivity contribution in [3.05, 3.63) is 35.5 Å². The molecule has 5 heteroatoms. The summed E-state index contributed by atoms with van der Waals surface area (Å²) in [7, 11) is 1.67. The Morgan fingerprint density at radius 3 is 2.65 bits per heavy atom. The van der Waals surface area contributed by atoms with Crippen LogP contribution in [0.2, 0.25) is 0 Å². The third kappa shape index (κ3) is 2.44. The van der Waals surface area contributed by atoms with E-state index in [1.807, 2.05) is 31.2 Å². The third-order valence-corrected chi connectivity index (χ3v) is 3.54. The Morgan fingerprint density at radius 1 is 1.25 bits per heavy atom.